The van der Waals surface area contributed by atoms with E-state index in [9.17, 15) is 14.4 Å². The second kappa shape index (κ2) is 7.27. The average Bonchev–Trinajstić information content (AvgIpc) is 3.38. The van der Waals surface area contributed by atoms with Gasteiger partial charge in [0, 0.05) is 14.1 Å². The summed E-state index contributed by atoms with van der Waals surface area (Å²) in [5.74, 6) is 0.0582. The first kappa shape index (κ1) is 18.5. The third-order valence-corrected chi connectivity index (χ3v) is 4.77. The Kier molecular flexibility index (Phi) is 4.63. The van der Waals surface area contributed by atoms with E-state index < -0.39 is 29.7 Å². The lowest BCUT2D eigenvalue weighted by Crippen LogP contribution is -2.44. The number of fused-ring (bicyclic) bond motifs is 1. The molecule has 0 bridgehead atoms. The van der Waals surface area contributed by atoms with Gasteiger partial charge in [0.1, 0.15) is 18.3 Å². The number of imidazole rings is 1. The topological polar surface area (TPSA) is 104 Å². The summed E-state index contributed by atoms with van der Waals surface area (Å²) in [6.07, 6.45) is 2.98. The van der Waals surface area contributed by atoms with E-state index in [4.69, 9.17) is 4.42 Å². The number of hydrogen-bond acceptors (Lipinski definition) is 5. The fraction of sp³-hybridized carbons (Fsp3) is 0.200. The van der Waals surface area contributed by atoms with Crippen molar-refractivity contribution in [2.75, 3.05) is 0 Å². The van der Waals surface area contributed by atoms with Gasteiger partial charge >= 0.3 is 5.69 Å². The van der Waals surface area contributed by atoms with E-state index in [0.717, 1.165) is 10.1 Å². The fourth-order valence-electron chi connectivity index (χ4n) is 3.31. The van der Waals surface area contributed by atoms with E-state index in [-0.39, 0.29) is 11.2 Å². The lowest BCUT2D eigenvalue weighted by molar-refractivity contribution is -0.122. The quantitative estimate of drug-likeness (QED) is 0.543. The first-order valence-corrected chi connectivity index (χ1v) is 8.96. The molecule has 1 aromatic carbocycles. The van der Waals surface area contributed by atoms with Crippen molar-refractivity contribution in [1.29, 1.82) is 0 Å². The minimum Gasteiger partial charge on any atom is -0.467 e. The van der Waals surface area contributed by atoms with Crippen LogP contribution in [0.5, 0.6) is 0 Å². The van der Waals surface area contributed by atoms with Crippen molar-refractivity contribution in [3.05, 3.63) is 87.2 Å². The molecule has 3 heterocycles. The summed E-state index contributed by atoms with van der Waals surface area (Å²) in [4.78, 5) is 42.3. The first-order valence-electron chi connectivity index (χ1n) is 8.96. The molecule has 1 atom stereocenters. The minimum atomic E-state index is -0.606. The number of rotatable bonds is 5. The van der Waals surface area contributed by atoms with Crippen LogP contribution in [-0.4, -0.2) is 24.6 Å². The maximum absolute atomic E-state index is 12.8. The van der Waals surface area contributed by atoms with Gasteiger partial charge in [-0.05, 0) is 17.7 Å². The Hall–Kier alpha value is -3.88. The summed E-state index contributed by atoms with van der Waals surface area (Å²) < 4.78 is 9.16. The molecule has 0 radical (unpaired) electrons. The van der Waals surface area contributed by atoms with Crippen LogP contribution in [0.4, 0.5) is 0 Å². The van der Waals surface area contributed by atoms with Crippen molar-refractivity contribution in [2.24, 2.45) is 14.1 Å². The number of hydrogen-bond donors (Lipinski definition) is 1. The Labute approximate surface area is 164 Å². The Morgan fingerprint density at radius 1 is 1.14 bits per heavy atom. The Morgan fingerprint density at radius 2 is 1.90 bits per heavy atom. The van der Waals surface area contributed by atoms with E-state index in [0.29, 0.717) is 5.76 Å². The van der Waals surface area contributed by atoms with Crippen LogP contribution in [0.25, 0.3) is 11.2 Å². The SMILES string of the molecule is Cn1cnc2c1c(=O)n(CC(=O)NC(c1ccccc1)c1ccco1)c(=O)n2C. The van der Waals surface area contributed by atoms with E-state index in [1.807, 2.05) is 30.3 Å². The van der Waals surface area contributed by atoms with Crippen LogP contribution in [0, 0.1) is 0 Å². The smallest absolute Gasteiger partial charge is 0.332 e. The van der Waals surface area contributed by atoms with Crippen molar-refractivity contribution >= 4 is 17.1 Å². The molecule has 29 heavy (non-hydrogen) atoms. The van der Waals surface area contributed by atoms with E-state index in [2.05, 4.69) is 10.3 Å². The Bertz CT molecular complexity index is 1280. The van der Waals surface area contributed by atoms with Crippen LogP contribution < -0.4 is 16.6 Å². The van der Waals surface area contributed by atoms with Crippen molar-refractivity contribution < 1.29 is 9.21 Å². The normalized spacial score (nSPS) is 12.2. The zero-order chi connectivity index (χ0) is 20.5. The maximum Gasteiger partial charge on any atom is 0.332 e. The summed E-state index contributed by atoms with van der Waals surface area (Å²) >= 11 is 0. The van der Waals surface area contributed by atoms with Gasteiger partial charge in [-0.1, -0.05) is 30.3 Å². The van der Waals surface area contributed by atoms with Gasteiger partial charge in [-0.25, -0.2) is 14.3 Å². The predicted octanol–water partition coefficient (Wildman–Crippen LogP) is 0.932. The lowest BCUT2D eigenvalue weighted by Gasteiger charge is -2.17. The largest absolute Gasteiger partial charge is 0.467 e. The Balaban J connectivity index is 1.68. The van der Waals surface area contributed by atoms with Crippen molar-refractivity contribution in [3.63, 3.8) is 0 Å². The number of benzene rings is 1. The van der Waals surface area contributed by atoms with Gasteiger partial charge in [-0.3, -0.25) is 14.2 Å². The summed E-state index contributed by atoms with van der Waals surface area (Å²) in [5, 5.41) is 2.85. The number of nitrogens with one attached hydrogen (secondary N) is 1. The number of carbonyl (C=O) groups excluding carboxylic acids is 1. The summed E-state index contributed by atoms with van der Waals surface area (Å²) in [5.41, 5.74) is 0.179. The van der Waals surface area contributed by atoms with Gasteiger partial charge in [-0.2, -0.15) is 0 Å². The zero-order valence-electron chi connectivity index (χ0n) is 15.9. The summed E-state index contributed by atoms with van der Waals surface area (Å²) in [6.45, 7) is -0.420. The number of carbonyl (C=O) groups is 1. The zero-order valence-corrected chi connectivity index (χ0v) is 15.9. The predicted molar refractivity (Wildman–Crippen MR) is 105 cm³/mol. The highest BCUT2D eigenvalue weighted by Crippen LogP contribution is 2.22. The van der Waals surface area contributed by atoms with E-state index >= 15 is 0 Å². The number of aryl methyl sites for hydroxylation is 2. The monoisotopic (exact) mass is 393 g/mol. The molecule has 1 amide bonds. The van der Waals surface area contributed by atoms with Crippen LogP contribution in [0.3, 0.4) is 0 Å². The number of amides is 1. The van der Waals surface area contributed by atoms with Crippen LogP contribution >= 0.6 is 0 Å². The number of aromatic nitrogens is 4. The van der Waals surface area contributed by atoms with Gasteiger partial charge in [0.05, 0.1) is 12.6 Å². The van der Waals surface area contributed by atoms with Crippen LogP contribution in [0.15, 0.2) is 69.1 Å². The Morgan fingerprint density at radius 3 is 2.59 bits per heavy atom. The molecule has 148 valence electrons. The molecule has 3 aromatic heterocycles. The summed E-state index contributed by atoms with van der Waals surface area (Å²) in [7, 11) is 3.18. The molecule has 1 N–H and O–H groups in total. The van der Waals surface area contributed by atoms with Gasteiger partial charge in [0.25, 0.3) is 5.56 Å². The molecular formula is C20H19N5O4. The number of furan rings is 1. The van der Waals surface area contributed by atoms with Gasteiger partial charge in [0.15, 0.2) is 11.2 Å². The van der Waals surface area contributed by atoms with E-state index in [1.54, 1.807) is 19.2 Å². The van der Waals surface area contributed by atoms with Crippen LogP contribution in [0.1, 0.15) is 17.4 Å². The standard InChI is InChI=1S/C20H19N5O4/c1-23-12-21-18-17(23)19(27)25(20(28)24(18)2)11-15(26)22-16(14-9-6-10-29-14)13-7-4-3-5-8-13/h3-10,12,16H,11H2,1-2H3,(H,22,26). The highest BCUT2D eigenvalue weighted by Gasteiger charge is 2.22. The van der Waals surface area contributed by atoms with Crippen molar-refractivity contribution in [3.8, 4) is 0 Å². The van der Waals surface area contributed by atoms with Gasteiger partial charge in [0.2, 0.25) is 5.91 Å². The minimum absolute atomic E-state index is 0.255. The molecule has 4 aromatic rings. The van der Waals surface area contributed by atoms with Gasteiger partial charge < -0.3 is 14.3 Å². The maximum atomic E-state index is 12.8. The van der Waals surface area contributed by atoms with Crippen LogP contribution in [-0.2, 0) is 25.4 Å². The van der Waals surface area contributed by atoms with Crippen molar-refractivity contribution in [1.82, 2.24) is 24.0 Å². The number of nitrogens with zero attached hydrogens (tertiary/aromatic N) is 4. The molecule has 0 fully saturated rings. The second-order valence-corrected chi connectivity index (χ2v) is 6.69. The highest BCUT2D eigenvalue weighted by molar-refractivity contribution is 5.77. The third-order valence-electron chi connectivity index (χ3n) is 4.77. The van der Waals surface area contributed by atoms with Gasteiger partial charge in [-0.15, -0.1) is 0 Å². The van der Waals surface area contributed by atoms with Crippen LogP contribution in [0.2, 0.25) is 0 Å². The molecular weight excluding hydrogens is 374 g/mol. The fourth-order valence-corrected chi connectivity index (χ4v) is 3.31. The molecule has 0 saturated carbocycles. The highest BCUT2D eigenvalue weighted by atomic mass is 16.3. The molecule has 0 aliphatic heterocycles. The average molecular weight is 393 g/mol. The molecule has 0 aliphatic carbocycles. The lowest BCUT2D eigenvalue weighted by atomic mass is 10.0. The molecule has 4 rings (SSSR count). The molecule has 0 saturated heterocycles. The summed E-state index contributed by atoms with van der Waals surface area (Å²) in [6, 6.07) is 12.2. The molecule has 9 nitrogen and oxygen atoms in total. The van der Waals surface area contributed by atoms with Crippen molar-refractivity contribution in [2.45, 2.75) is 12.6 Å². The first-order chi connectivity index (χ1) is 14.0. The second-order valence-electron chi connectivity index (χ2n) is 6.69. The third kappa shape index (κ3) is 3.27. The molecule has 0 aliphatic rings. The molecule has 1 unspecified atom stereocenters. The van der Waals surface area contributed by atoms with E-state index in [1.165, 1.54) is 28.8 Å². The molecule has 0 spiro atoms. The molecule has 9 heteroatoms.